The number of pyridine rings is 1. The summed E-state index contributed by atoms with van der Waals surface area (Å²) in [5.74, 6) is 0.879. The van der Waals surface area contributed by atoms with Gasteiger partial charge in [0.15, 0.2) is 17.6 Å². The molecular weight excluding hydrogens is 366 g/mol. The van der Waals surface area contributed by atoms with E-state index in [1.54, 1.807) is 39.2 Å². The first-order valence-corrected chi connectivity index (χ1v) is 8.70. The van der Waals surface area contributed by atoms with Crippen molar-refractivity contribution >= 4 is 28.0 Å². The third-order valence-corrected chi connectivity index (χ3v) is 4.34. The largest absolute Gasteiger partial charge is 0.495 e. The van der Waals surface area contributed by atoms with E-state index in [-0.39, 0.29) is 6.61 Å². The molecule has 1 aromatic carbocycles. The third-order valence-electron chi connectivity index (χ3n) is 4.34. The second-order valence-electron chi connectivity index (χ2n) is 6.84. The molecule has 0 fully saturated rings. The molecule has 2 aromatic heterocycles. The molecule has 0 amide bonds. The number of furan rings is 1. The first-order valence-electron chi connectivity index (χ1n) is 8.70. The predicted octanol–water partition coefficient (Wildman–Crippen LogP) is 3.08. The van der Waals surface area contributed by atoms with Crippen LogP contribution in [-0.4, -0.2) is 48.6 Å². The van der Waals surface area contributed by atoms with Gasteiger partial charge in [0, 0.05) is 12.3 Å². The molecule has 0 aliphatic rings. The Morgan fingerprint density at radius 1 is 1.18 bits per heavy atom. The minimum absolute atomic E-state index is 0.0644. The van der Waals surface area contributed by atoms with Gasteiger partial charge in [-0.1, -0.05) is 0 Å². The lowest BCUT2D eigenvalue weighted by atomic mass is 10.0. The molecular formula is C20H23NO7. The minimum atomic E-state index is -1.28. The summed E-state index contributed by atoms with van der Waals surface area (Å²) < 4.78 is 27.5. The van der Waals surface area contributed by atoms with Crippen molar-refractivity contribution in [3.8, 4) is 17.2 Å². The zero-order chi connectivity index (χ0) is 20.5. The molecule has 1 N–H and O–H groups in total. The zero-order valence-corrected chi connectivity index (χ0v) is 16.4. The lowest BCUT2D eigenvalue weighted by Crippen LogP contribution is -2.43. The Morgan fingerprint density at radius 3 is 2.50 bits per heavy atom. The van der Waals surface area contributed by atoms with Crippen LogP contribution in [0, 0.1) is 0 Å². The number of rotatable bonds is 7. The van der Waals surface area contributed by atoms with Crippen LogP contribution in [0.25, 0.3) is 22.0 Å². The molecule has 2 heterocycles. The van der Waals surface area contributed by atoms with E-state index in [2.05, 4.69) is 4.98 Å². The van der Waals surface area contributed by atoms with E-state index in [9.17, 15) is 9.90 Å². The second-order valence-corrected chi connectivity index (χ2v) is 6.84. The van der Waals surface area contributed by atoms with Crippen molar-refractivity contribution in [3.05, 3.63) is 24.5 Å². The predicted molar refractivity (Wildman–Crippen MR) is 102 cm³/mol. The molecule has 0 bridgehead atoms. The Bertz CT molecular complexity index is 1000. The normalized spacial score (nSPS) is 12.8. The van der Waals surface area contributed by atoms with Crippen LogP contribution < -0.4 is 14.2 Å². The van der Waals surface area contributed by atoms with E-state index < -0.39 is 17.7 Å². The fraction of sp³-hybridized carbons (Fsp3) is 0.400. The molecule has 3 rings (SSSR count). The van der Waals surface area contributed by atoms with Gasteiger partial charge in [-0.2, -0.15) is 0 Å². The number of benzene rings is 1. The van der Waals surface area contributed by atoms with Gasteiger partial charge >= 0.3 is 5.97 Å². The highest BCUT2D eigenvalue weighted by atomic mass is 16.6. The Kier molecular flexibility index (Phi) is 5.33. The molecule has 0 spiro atoms. The average Bonchev–Trinajstić information content (AvgIpc) is 3.09. The van der Waals surface area contributed by atoms with Gasteiger partial charge in [-0.3, -0.25) is 4.79 Å². The summed E-state index contributed by atoms with van der Waals surface area (Å²) in [6.07, 6.45) is 0.677. The summed E-state index contributed by atoms with van der Waals surface area (Å²) in [7, 11) is 3.08. The van der Waals surface area contributed by atoms with Gasteiger partial charge in [0.25, 0.3) is 0 Å². The van der Waals surface area contributed by atoms with Crippen LogP contribution in [0.15, 0.2) is 28.9 Å². The summed E-state index contributed by atoms with van der Waals surface area (Å²) in [6.45, 7) is 4.30. The first kappa shape index (κ1) is 19.8. The molecule has 1 atom stereocenters. The van der Waals surface area contributed by atoms with Gasteiger partial charge < -0.3 is 28.5 Å². The monoisotopic (exact) mass is 389 g/mol. The third kappa shape index (κ3) is 3.68. The molecule has 0 aliphatic heterocycles. The molecule has 150 valence electrons. The number of fused-ring (bicyclic) bond motifs is 2. The maximum atomic E-state index is 11.3. The lowest BCUT2D eigenvalue weighted by Gasteiger charge is -2.28. The number of ether oxygens (including phenoxy) is 4. The van der Waals surface area contributed by atoms with Crippen LogP contribution in [0.5, 0.6) is 17.2 Å². The fourth-order valence-corrected chi connectivity index (χ4v) is 2.93. The molecule has 8 heteroatoms. The highest BCUT2D eigenvalue weighted by Gasteiger charge is 2.31. The summed E-state index contributed by atoms with van der Waals surface area (Å²) >= 11 is 0. The van der Waals surface area contributed by atoms with Crippen molar-refractivity contribution in [2.75, 3.05) is 20.8 Å². The topological polar surface area (TPSA) is 100 Å². The van der Waals surface area contributed by atoms with E-state index in [0.29, 0.717) is 28.5 Å². The van der Waals surface area contributed by atoms with Gasteiger partial charge in [0.1, 0.15) is 17.9 Å². The van der Waals surface area contributed by atoms with E-state index in [0.717, 1.165) is 10.8 Å². The van der Waals surface area contributed by atoms with Gasteiger partial charge in [0.2, 0.25) is 5.71 Å². The summed E-state index contributed by atoms with van der Waals surface area (Å²) in [5.41, 5.74) is -0.363. The van der Waals surface area contributed by atoms with Gasteiger partial charge in [-0.25, -0.2) is 4.98 Å². The number of aromatic nitrogens is 1. The van der Waals surface area contributed by atoms with Crippen molar-refractivity contribution in [1.82, 2.24) is 4.98 Å². The van der Waals surface area contributed by atoms with Crippen LogP contribution in [0.4, 0.5) is 0 Å². The number of esters is 1. The highest BCUT2D eigenvalue weighted by molar-refractivity contribution is 6.02. The van der Waals surface area contributed by atoms with Crippen LogP contribution in [0.1, 0.15) is 20.8 Å². The number of carbonyl (C=O) groups excluding carboxylic acids is 1. The Hall–Kier alpha value is -3.00. The molecule has 8 nitrogen and oxygen atoms in total. The van der Waals surface area contributed by atoms with Crippen molar-refractivity contribution in [2.24, 2.45) is 0 Å². The summed E-state index contributed by atoms with van der Waals surface area (Å²) in [5, 5.41) is 11.7. The van der Waals surface area contributed by atoms with Crippen molar-refractivity contribution in [1.29, 1.82) is 0 Å². The Balaban J connectivity index is 2.02. The van der Waals surface area contributed by atoms with Crippen LogP contribution in [0.3, 0.4) is 0 Å². The van der Waals surface area contributed by atoms with E-state index in [1.807, 2.05) is 0 Å². The second kappa shape index (κ2) is 7.55. The molecule has 3 aromatic rings. The number of carbonyl (C=O) groups is 1. The maximum Gasteiger partial charge on any atom is 0.303 e. The quantitative estimate of drug-likeness (QED) is 0.616. The molecule has 0 aliphatic carbocycles. The lowest BCUT2D eigenvalue weighted by molar-refractivity contribution is -0.162. The van der Waals surface area contributed by atoms with Crippen molar-refractivity contribution in [3.63, 3.8) is 0 Å². The SMILES string of the molecule is COc1c2ccoc2nc2c(OC)c(OC[C@@H](OC(C)=O)C(C)(C)O)ccc12. The zero-order valence-electron chi connectivity index (χ0n) is 16.4. The standard InChI is InChI=1S/C20H23NO7/c1-11(22)28-15(20(2,3)23)10-27-14-7-6-12-16(18(14)25-5)21-19-13(8-9-26-19)17(12)24-4/h6-9,15,23H,10H2,1-5H3/t15-/m1/s1. The highest BCUT2D eigenvalue weighted by Crippen LogP contribution is 2.41. The molecule has 0 saturated carbocycles. The summed E-state index contributed by atoms with van der Waals surface area (Å²) in [6, 6.07) is 5.30. The Labute approximate surface area is 162 Å². The van der Waals surface area contributed by atoms with Crippen molar-refractivity contribution in [2.45, 2.75) is 32.5 Å². The van der Waals surface area contributed by atoms with Gasteiger partial charge in [0.05, 0.1) is 31.5 Å². The fourth-order valence-electron chi connectivity index (χ4n) is 2.93. The average molecular weight is 389 g/mol. The van der Waals surface area contributed by atoms with Gasteiger partial charge in [-0.15, -0.1) is 0 Å². The van der Waals surface area contributed by atoms with E-state index >= 15 is 0 Å². The van der Waals surface area contributed by atoms with Crippen molar-refractivity contribution < 1.29 is 33.3 Å². The number of hydrogen-bond acceptors (Lipinski definition) is 8. The molecule has 0 saturated heterocycles. The van der Waals surface area contributed by atoms with Crippen LogP contribution in [0.2, 0.25) is 0 Å². The first-order chi connectivity index (χ1) is 13.3. The number of nitrogens with zero attached hydrogens (tertiary/aromatic N) is 1. The maximum absolute atomic E-state index is 11.3. The number of methoxy groups -OCH3 is 2. The van der Waals surface area contributed by atoms with Crippen LogP contribution >= 0.6 is 0 Å². The van der Waals surface area contributed by atoms with Gasteiger partial charge in [-0.05, 0) is 32.0 Å². The molecule has 0 unspecified atom stereocenters. The number of aliphatic hydroxyl groups is 1. The van der Waals surface area contributed by atoms with E-state index in [4.69, 9.17) is 23.4 Å². The summed E-state index contributed by atoms with van der Waals surface area (Å²) in [4.78, 5) is 15.8. The number of hydrogen-bond donors (Lipinski definition) is 1. The molecule has 0 radical (unpaired) electrons. The minimum Gasteiger partial charge on any atom is -0.495 e. The van der Waals surface area contributed by atoms with E-state index in [1.165, 1.54) is 20.3 Å². The smallest absolute Gasteiger partial charge is 0.303 e. The van der Waals surface area contributed by atoms with Crippen LogP contribution in [-0.2, 0) is 9.53 Å². The Morgan fingerprint density at radius 2 is 1.89 bits per heavy atom. The molecule has 28 heavy (non-hydrogen) atoms.